The van der Waals surface area contributed by atoms with Crippen molar-refractivity contribution >= 4 is 21.8 Å². The van der Waals surface area contributed by atoms with Gasteiger partial charge in [-0.05, 0) is 24.6 Å². The first kappa shape index (κ1) is 18.0. The van der Waals surface area contributed by atoms with E-state index in [1.807, 2.05) is 31.2 Å². The second kappa shape index (κ2) is 7.46. The third-order valence-corrected chi connectivity index (χ3v) is 4.90. The van der Waals surface area contributed by atoms with E-state index in [-0.39, 0.29) is 17.2 Å². The van der Waals surface area contributed by atoms with Gasteiger partial charge in [-0.25, -0.2) is 0 Å². The molecule has 0 radical (unpaired) electrons. The molecule has 0 saturated carbocycles. The first-order chi connectivity index (χ1) is 11.3. The van der Waals surface area contributed by atoms with Crippen molar-refractivity contribution < 1.29 is 13.2 Å². The molecule has 0 aliphatic rings. The Balaban J connectivity index is 2.13. The van der Waals surface area contributed by atoms with Crippen LogP contribution in [0.15, 0.2) is 48.5 Å². The summed E-state index contributed by atoms with van der Waals surface area (Å²) in [5, 5.41) is 2.80. The van der Waals surface area contributed by atoms with Crippen molar-refractivity contribution in [3.63, 3.8) is 0 Å². The lowest BCUT2D eigenvalue weighted by molar-refractivity contribution is 0.0952. The van der Waals surface area contributed by atoms with Gasteiger partial charge in [-0.3, -0.25) is 9.52 Å². The standard InChI is InChI=1S/C17H21N3O3S/c1-13-8-10-14(11-9-13)12-18-17(21)15-6-4-5-7-16(15)19-24(22,23)20(2)3/h4-11,19H,12H2,1-3H3,(H,18,21). The topological polar surface area (TPSA) is 78.5 Å². The average molecular weight is 347 g/mol. The van der Waals surface area contributed by atoms with Gasteiger partial charge in [0.15, 0.2) is 0 Å². The van der Waals surface area contributed by atoms with E-state index in [0.29, 0.717) is 6.54 Å². The van der Waals surface area contributed by atoms with Crippen molar-refractivity contribution in [1.82, 2.24) is 9.62 Å². The summed E-state index contributed by atoms with van der Waals surface area (Å²) in [5.74, 6) is -0.340. The van der Waals surface area contributed by atoms with Gasteiger partial charge in [-0.15, -0.1) is 0 Å². The first-order valence-corrected chi connectivity index (χ1v) is 8.86. The van der Waals surface area contributed by atoms with Crippen molar-refractivity contribution in [2.45, 2.75) is 13.5 Å². The molecule has 0 aliphatic heterocycles. The Hall–Kier alpha value is -2.38. The molecule has 6 nitrogen and oxygen atoms in total. The number of carbonyl (C=O) groups is 1. The van der Waals surface area contributed by atoms with E-state index in [4.69, 9.17) is 0 Å². The van der Waals surface area contributed by atoms with Gasteiger partial charge in [0.25, 0.3) is 5.91 Å². The molecule has 0 heterocycles. The molecule has 0 spiro atoms. The van der Waals surface area contributed by atoms with Gasteiger partial charge >= 0.3 is 10.2 Å². The molecule has 2 rings (SSSR count). The first-order valence-electron chi connectivity index (χ1n) is 7.42. The summed E-state index contributed by atoms with van der Waals surface area (Å²) >= 11 is 0. The second-order valence-electron chi connectivity index (χ2n) is 5.60. The molecule has 128 valence electrons. The Morgan fingerprint density at radius 3 is 2.29 bits per heavy atom. The number of amides is 1. The van der Waals surface area contributed by atoms with Crippen LogP contribution in [0.3, 0.4) is 0 Å². The normalized spacial score (nSPS) is 11.3. The molecule has 0 aliphatic carbocycles. The molecule has 24 heavy (non-hydrogen) atoms. The van der Waals surface area contributed by atoms with Gasteiger partial charge in [0, 0.05) is 20.6 Å². The van der Waals surface area contributed by atoms with E-state index < -0.39 is 10.2 Å². The van der Waals surface area contributed by atoms with Crippen molar-refractivity contribution in [1.29, 1.82) is 0 Å². The fraction of sp³-hybridized carbons (Fsp3) is 0.235. The summed E-state index contributed by atoms with van der Waals surface area (Å²) in [6.07, 6.45) is 0. The van der Waals surface area contributed by atoms with Gasteiger partial charge in [-0.2, -0.15) is 12.7 Å². The van der Waals surface area contributed by atoms with Gasteiger partial charge in [-0.1, -0.05) is 42.0 Å². The Kier molecular flexibility index (Phi) is 5.58. The zero-order valence-electron chi connectivity index (χ0n) is 13.9. The fourth-order valence-electron chi connectivity index (χ4n) is 1.98. The van der Waals surface area contributed by atoms with E-state index in [9.17, 15) is 13.2 Å². The Labute approximate surface area is 142 Å². The Morgan fingerprint density at radius 2 is 1.67 bits per heavy atom. The predicted octanol–water partition coefficient (Wildman–Crippen LogP) is 2.14. The minimum Gasteiger partial charge on any atom is -0.348 e. The molecule has 0 unspecified atom stereocenters. The van der Waals surface area contributed by atoms with Crippen LogP contribution in [-0.4, -0.2) is 32.7 Å². The van der Waals surface area contributed by atoms with Crippen LogP contribution in [0.4, 0.5) is 5.69 Å². The summed E-state index contributed by atoms with van der Waals surface area (Å²) in [7, 11) is -0.838. The predicted molar refractivity (Wildman–Crippen MR) is 95.0 cm³/mol. The third-order valence-electron chi connectivity index (χ3n) is 3.47. The van der Waals surface area contributed by atoms with Crippen LogP contribution in [0.2, 0.25) is 0 Å². The number of anilines is 1. The quantitative estimate of drug-likeness (QED) is 0.840. The highest BCUT2D eigenvalue weighted by molar-refractivity contribution is 7.90. The number of benzene rings is 2. The van der Waals surface area contributed by atoms with Crippen LogP contribution in [0, 0.1) is 6.92 Å². The minimum absolute atomic E-state index is 0.243. The van der Waals surface area contributed by atoms with Gasteiger partial charge in [0.05, 0.1) is 11.3 Å². The van der Waals surface area contributed by atoms with Gasteiger partial charge in [0.1, 0.15) is 0 Å². The van der Waals surface area contributed by atoms with E-state index in [1.165, 1.54) is 14.1 Å². The van der Waals surface area contributed by atoms with Gasteiger partial charge in [0.2, 0.25) is 0 Å². The van der Waals surface area contributed by atoms with Crippen LogP contribution in [-0.2, 0) is 16.8 Å². The fourth-order valence-corrected chi connectivity index (χ4v) is 2.62. The van der Waals surface area contributed by atoms with Crippen LogP contribution in [0.5, 0.6) is 0 Å². The number of para-hydroxylation sites is 1. The second-order valence-corrected chi connectivity index (χ2v) is 7.49. The molecule has 0 fully saturated rings. The SMILES string of the molecule is Cc1ccc(CNC(=O)c2ccccc2NS(=O)(=O)N(C)C)cc1. The molecule has 2 aromatic carbocycles. The van der Waals surface area contributed by atoms with Crippen molar-refractivity contribution in [3.05, 3.63) is 65.2 Å². The molecule has 2 aromatic rings. The molecular weight excluding hydrogens is 326 g/mol. The van der Waals surface area contributed by atoms with E-state index in [2.05, 4.69) is 10.0 Å². The van der Waals surface area contributed by atoms with Crippen LogP contribution >= 0.6 is 0 Å². The van der Waals surface area contributed by atoms with E-state index >= 15 is 0 Å². The molecule has 0 atom stereocenters. The number of nitrogens with one attached hydrogen (secondary N) is 2. The van der Waals surface area contributed by atoms with E-state index in [1.54, 1.807) is 24.3 Å². The van der Waals surface area contributed by atoms with Crippen molar-refractivity contribution in [3.8, 4) is 0 Å². The molecule has 1 amide bonds. The number of aryl methyl sites for hydroxylation is 1. The Bertz CT molecular complexity index is 815. The number of hydrogen-bond acceptors (Lipinski definition) is 3. The third kappa shape index (κ3) is 4.56. The molecule has 0 saturated heterocycles. The number of carbonyl (C=O) groups excluding carboxylic acids is 1. The summed E-state index contributed by atoms with van der Waals surface area (Å²) in [6, 6.07) is 14.3. The molecule has 2 N–H and O–H groups in total. The Morgan fingerprint density at radius 1 is 1.04 bits per heavy atom. The summed E-state index contributed by atoms with van der Waals surface area (Å²) in [5.41, 5.74) is 2.64. The molecule has 0 bridgehead atoms. The maximum atomic E-state index is 12.4. The van der Waals surface area contributed by atoms with Crippen molar-refractivity contribution in [2.24, 2.45) is 0 Å². The van der Waals surface area contributed by atoms with Crippen molar-refractivity contribution in [2.75, 3.05) is 18.8 Å². The molecular formula is C17H21N3O3S. The van der Waals surface area contributed by atoms with Crippen LogP contribution in [0.25, 0.3) is 0 Å². The highest BCUT2D eigenvalue weighted by Crippen LogP contribution is 2.17. The van der Waals surface area contributed by atoms with E-state index in [0.717, 1.165) is 15.4 Å². The minimum atomic E-state index is -3.68. The zero-order chi connectivity index (χ0) is 17.7. The maximum absolute atomic E-state index is 12.4. The summed E-state index contributed by atoms with van der Waals surface area (Å²) in [4.78, 5) is 12.4. The van der Waals surface area contributed by atoms with Crippen LogP contribution in [0.1, 0.15) is 21.5 Å². The average Bonchev–Trinajstić information content (AvgIpc) is 2.54. The number of nitrogens with zero attached hydrogens (tertiary/aromatic N) is 1. The maximum Gasteiger partial charge on any atom is 0.301 e. The lowest BCUT2D eigenvalue weighted by atomic mass is 10.1. The molecule has 0 aromatic heterocycles. The monoisotopic (exact) mass is 347 g/mol. The zero-order valence-corrected chi connectivity index (χ0v) is 14.7. The summed E-state index contributed by atoms with van der Waals surface area (Å²) in [6.45, 7) is 2.36. The molecule has 7 heteroatoms. The highest BCUT2D eigenvalue weighted by atomic mass is 32.2. The number of hydrogen-bond donors (Lipinski definition) is 2. The largest absolute Gasteiger partial charge is 0.348 e. The highest BCUT2D eigenvalue weighted by Gasteiger charge is 2.18. The van der Waals surface area contributed by atoms with Crippen LogP contribution < -0.4 is 10.0 Å². The lowest BCUT2D eigenvalue weighted by Gasteiger charge is -2.16. The van der Waals surface area contributed by atoms with Gasteiger partial charge < -0.3 is 5.32 Å². The lowest BCUT2D eigenvalue weighted by Crippen LogP contribution is -2.30. The smallest absolute Gasteiger partial charge is 0.301 e. The number of rotatable bonds is 6. The summed E-state index contributed by atoms with van der Waals surface area (Å²) < 4.78 is 27.4.